The Morgan fingerprint density at radius 1 is 1.11 bits per heavy atom. The molecule has 0 aromatic heterocycles. The molecule has 0 atom stereocenters. The Morgan fingerprint density at radius 3 is 2.60 bits per heavy atom. The number of rotatable bonds is 10. The van der Waals surface area contributed by atoms with Crippen LogP contribution in [-0.2, 0) is 35.2 Å². The summed E-state index contributed by atoms with van der Waals surface area (Å²) in [7, 11) is 5.43. The molecule has 0 spiro atoms. The van der Waals surface area contributed by atoms with Crippen molar-refractivity contribution in [1.82, 2.24) is 14.7 Å². The first-order valence-electron chi connectivity index (χ1n) is 11.8. The van der Waals surface area contributed by atoms with Gasteiger partial charge in [0.2, 0.25) is 5.91 Å². The fourth-order valence-electron chi connectivity index (χ4n) is 4.26. The van der Waals surface area contributed by atoms with Gasteiger partial charge in [0, 0.05) is 52.5 Å². The van der Waals surface area contributed by atoms with Gasteiger partial charge >= 0.3 is 6.18 Å². The van der Waals surface area contributed by atoms with Crippen molar-refractivity contribution in [2.45, 2.75) is 25.7 Å². The van der Waals surface area contributed by atoms with Gasteiger partial charge in [-0.15, -0.1) is 0 Å². The third-order valence-corrected chi connectivity index (χ3v) is 6.21. The van der Waals surface area contributed by atoms with Gasteiger partial charge in [0.05, 0.1) is 12.2 Å². The van der Waals surface area contributed by atoms with Gasteiger partial charge in [-0.25, -0.2) is 0 Å². The second-order valence-corrected chi connectivity index (χ2v) is 9.06. The predicted octanol–water partition coefficient (Wildman–Crippen LogP) is 4.31. The molecule has 0 unspecified atom stereocenters. The van der Waals surface area contributed by atoms with E-state index in [0.29, 0.717) is 19.7 Å². The van der Waals surface area contributed by atoms with Gasteiger partial charge in [0.15, 0.2) is 0 Å². The maximum atomic E-state index is 13.5. The Hall–Kier alpha value is -2.68. The van der Waals surface area contributed by atoms with E-state index in [4.69, 9.17) is 4.74 Å². The SMILES string of the molecule is COCCN1CCc2c(C=CC(=O)N(CCN(C)C)Cc3ccccc3C(F)(F)F)cccc2C1. The van der Waals surface area contributed by atoms with E-state index >= 15 is 0 Å². The van der Waals surface area contributed by atoms with Crippen molar-refractivity contribution in [2.75, 3.05) is 54.0 Å². The molecule has 0 radical (unpaired) electrons. The van der Waals surface area contributed by atoms with Crippen LogP contribution in [0.5, 0.6) is 0 Å². The number of fused-ring (bicyclic) bond motifs is 1. The maximum absolute atomic E-state index is 13.5. The summed E-state index contributed by atoms with van der Waals surface area (Å²) in [5, 5.41) is 0. The molecule has 0 saturated carbocycles. The first kappa shape index (κ1) is 26.9. The zero-order valence-corrected chi connectivity index (χ0v) is 20.6. The Labute approximate surface area is 205 Å². The van der Waals surface area contributed by atoms with Crippen molar-refractivity contribution in [1.29, 1.82) is 0 Å². The van der Waals surface area contributed by atoms with Gasteiger partial charge < -0.3 is 14.5 Å². The summed E-state index contributed by atoms with van der Waals surface area (Å²) in [5.74, 6) is -0.307. The first-order valence-corrected chi connectivity index (χ1v) is 11.8. The molecule has 1 aliphatic rings. The van der Waals surface area contributed by atoms with Gasteiger partial charge in [0.1, 0.15) is 0 Å². The highest BCUT2D eigenvalue weighted by Gasteiger charge is 2.33. The van der Waals surface area contributed by atoms with Gasteiger partial charge in [-0.2, -0.15) is 13.2 Å². The molecule has 3 rings (SSSR count). The highest BCUT2D eigenvalue weighted by molar-refractivity contribution is 5.92. The first-order chi connectivity index (χ1) is 16.7. The molecule has 35 heavy (non-hydrogen) atoms. The number of benzene rings is 2. The lowest BCUT2D eigenvalue weighted by atomic mass is 9.94. The average Bonchev–Trinajstić information content (AvgIpc) is 2.83. The van der Waals surface area contributed by atoms with Crippen molar-refractivity contribution in [3.05, 3.63) is 76.4 Å². The summed E-state index contributed by atoms with van der Waals surface area (Å²) >= 11 is 0. The molecule has 0 bridgehead atoms. The van der Waals surface area contributed by atoms with Crippen LogP contribution >= 0.6 is 0 Å². The molecule has 0 saturated heterocycles. The summed E-state index contributed by atoms with van der Waals surface area (Å²) in [6.07, 6.45) is -0.316. The molecule has 2 aromatic carbocycles. The van der Waals surface area contributed by atoms with Crippen LogP contribution in [0.4, 0.5) is 13.2 Å². The average molecular weight is 490 g/mol. The highest BCUT2D eigenvalue weighted by atomic mass is 19.4. The number of halogens is 3. The number of methoxy groups -OCH3 is 1. The third-order valence-electron chi connectivity index (χ3n) is 6.21. The van der Waals surface area contributed by atoms with Crippen LogP contribution in [0.1, 0.15) is 27.8 Å². The van der Waals surface area contributed by atoms with E-state index in [1.165, 1.54) is 34.2 Å². The zero-order valence-electron chi connectivity index (χ0n) is 20.6. The summed E-state index contributed by atoms with van der Waals surface area (Å²) < 4.78 is 45.7. The number of hydrogen-bond acceptors (Lipinski definition) is 4. The number of alkyl halides is 3. The third kappa shape index (κ3) is 7.65. The number of amides is 1. The molecule has 5 nitrogen and oxygen atoms in total. The van der Waals surface area contributed by atoms with Gasteiger partial charge in [0.25, 0.3) is 0 Å². The van der Waals surface area contributed by atoms with Crippen LogP contribution in [-0.4, -0.2) is 74.6 Å². The van der Waals surface area contributed by atoms with E-state index in [-0.39, 0.29) is 18.0 Å². The monoisotopic (exact) mass is 489 g/mol. The number of hydrogen-bond donors (Lipinski definition) is 0. The van der Waals surface area contributed by atoms with E-state index in [1.807, 2.05) is 31.1 Å². The Kier molecular flexibility index (Phi) is 9.48. The van der Waals surface area contributed by atoms with Crippen LogP contribution in [0.15, 0.2) is 48.5 Å². The molecular weight excluding hydrogens is 455 g/mol. The quantitative estimate of drug-likeness (QED) is 0.466. The molecule has 190 valence electrons. The van der Waals surface area contributed by atoms with Crippen molar-refractivity contribution in [2.24, 2.45) is 0 Å². The predicted molar refractivity (Wildman–Crippen MR) is 132 cm³/mol. The fraction of sp³-hybridized carbons (Fsp3) is 0.444. The molecule has 0 fully saturated rings. The Bertz CT molecular complexity index is 1020. The number of likely N-dealkylation sites (N-methyl/N-ethyl adjacent to an activating group) is 1. The number of nitrogens with zero attached hydrogens (tertiary/aromatic N) is 3. The van der Waals surface area contributed by atoms with Gasteiger partial charge in [-0.1, -0.05) is 36.4 Å². The number of ether oxygens (including phenoxy) is 1. The maximum Gasteiger partial charge on any atom is 0.416 e. The second kappa shape index (κ2) is 12.3. The molecule has 8 heteroatoms. The molecule has 1 heterocycles. The smallest absolute Gasteiger partial charge is 0.383 e. The van der Waals surface area contributed by atoms with Crippen molar-refractivity contribution >= 4 is 12.0 Å². The molecule has 2 aromatic rings. The molecule has 0 N–H and O–H groups in total. The lowest BCUT2D eigenvalue weighted by Gasteiger charge is -2.29. The molecule has 1 amide bonds. The zero-order chi connectivity index (χ0) is 25.4. The minimum atomic E-state index is -4.47. The largest absolute Gasteiger partial charge is 0.416 e. The van der Waals surface area contributed by atoms with E-state index in [1.54, 1.807) is 19.3 Å². The van der Waals surface area contributed by atoms with Crippen molar-refractivity contribution in [3.63, 3.8) is 0 Å². The highest BCUT2D eigenvalue weighted by Crippen LogP contribution is 2.32. The summed E-state index contributed by atoms with van der Waals surface area (Å²) in [6.45, 7) is 4.07. The summed E-state index contributed by atoms with van der Waals surface area (Å²) in [4.78, 5) is 18.9. The standard InChI is InChI=1S/C27H34F3N3O2/c1-31(2)15-16-33(20-23-7-4-5-10-25(23)27(28,29)30)26(34)12-11-21-8-6-9-22-19-32(17-18-35-3)14-13-24(21)22/h4-12H,13-20H2,1-3H3. The summed E-state index contributed by atoms with van der Waals surface area (Å²) in [6, 6.07) is 11.5. The number of carbonyl (C=O) groups is 1. The van der Waals surface area contributed by atoms with Gasteiger partial charge in [-0.3, -0.25) is 9.69 Å². The van der Waals surface area contributed by atoms with Crippen LogP contribution < -0.4 is 0 Å². The van der Waals surface area contributed by atoms with Crippen molar-refractivity contribution < 1.29 is 22.7 Å². The van der Waals surface area contributed by atoms with Crippen LogP contribution in [0.2, 0.25) is 0 Å². The minimum Gasteiger partial charge on any atom is -0.383 e. The minimum absolute atomic E-state index is 0.0914. The Balaban J connectivity index is 1.78. The van der Waals surface area contributed by atoms with Crippen LogP contribution in [0.3, 0.4) is 0 Å². The topological polar surface area (TPSA) is 36.0 Å². The molecular formula is C27H34F3N3O2. The normalized spacial score (nSPS) is 14.5. The van der Waals surface area contributed by atoms with Crippen LogP contribution in [0.25, 0.3) is 6.08 Å². The van der Waals surface area contributed by atoms with E-state index in [2.05, 4.69) is 11.0 Å². The van der Waals surface area contributed by atoms with Crippen molar-refractivity contribution in [3.8, 4) is 0 Å². The Morgan fingerprint density at radius 2 is 1.89 bits per heavy atom. The lowest BCUT2D eigenvalue weighted by molar-refractivity contribution is -0.139. The fourth-order valence-corrected chi connectivity index (χ4v) is 4.26. The van der Waals surface area contributed by atoms with Gasteiger partial charge in [-0.05, 0) is 54.9 Å². The van der Waals surface area contributed by atoms with E-state index in [9.17, 15) is 18.0 Å². The van der Waals surface area contributed by atoms with Crippen LogP contribution in [0, 0.1) is 0 Å². The lowest BCUT2D eigenvalue weighted by Crippen LogP contribution is -2.35. The summed E-state index contributed by atoms with van der Waals surface area (Å²) in [5.41, 5.74) is 2.80. The second-order valence-electron chi connectivity index (χ2n) is 9.06. The molecule has 1 aliphatic heterocycles. The van der Waals surface area contributed by atoms with E-state index in [0.717, 1.165) is 37.7 Å². The number of carbonyl (C=O) groups excluding carboxylic acids is 1. The molecule has 0 aliphatic carbocycles. The van der Waals surface area contributed by atoms with E-state index < -0.39 is 11.7 Å².